The van der Waals surface area contributed by atoms with Gasteiger partial charge in [-0.25, -0.2) is 9.37 Å². The molecule has 0 bridgehead atoms. The number of amides is 1. The van der Waals surface area contributed by atoms with E-state index < -0.39 is 0 Å². The molecular weight excluding hydrogens is 329 g/mol. The molecule has 1 aromatic heterocycles. The Hall–Kier alpha value is -2.95. The molecule has 2 aromatic carbocycles. The van der Waals surface area contributed by atoms with Crippen molar-refractivity contribution in [1.82, 2.24) is 10.3 Å². The quantitative estimate of drug-likeness (QED) is 0.709. The Balaban J connectivity index is 1.54. The zero-order valence-electron chi connectivity index (χ0n) is 14.3. The van der Waals surface area contributed by atoms with Crippen molar-refractivity contribution in [2.45, 2.75) is 25.3 Å². The standard InChI is InChI=1S/C21H20FN3O/c22-18-7-3-1-5-14(18)11-12-23-20-13-17(21(26)24-15-9-10-15)16-6-2-4-8-19(16)25-20/h1-8,13,15H,9-12H2,(H,23,25)(H,24,26). The lowest BCUT2D eigenvalue weighted by Gasteiger charge is -2.11. The first-order valence-corrected chi connectivity index (χ1v) is 8.88. The summed E-state index contributed by atoms with van der Waals surface area (Å²) in [4.78, 5) is 17.2. The molecule has 0 unspecified atom stereocenters. The van der Waals surface area contributed by atoms with Gasteiger partial charge in [0.15, 0.2) is 0 Å². The van der Waals surface area contributed by atoms with E-state index in [0.29, 0.717) is 36.0 Å². The van der Waals surface area contributed by atoms with E-state index in [1.165, 1.54) is 6.07 Å². The lowest BCUT2D eigenvalue weighted by atomic mass is 10.1. The van der Waals surface area contributed by atoms with Crippen LogP contribution in [0.3, 0.4) is 0 Å². The largest absolute Gasteiger partial charge is 0.370 e. The van der Waals surface area contributed by atoms with Gasteiger partial charge < -0.3 is 10.6 Å². The van der Waals surface area contributed by atoms with Gasteiger partial charge in [0.25, 0.3) is 5.91 Å². The first-order valence-electron chi connectivity index (χ1n) is 8.88. The Morgan fingerprint density at radius 2 is 1.88 bits per heavy atom. The van der Waals surface area contributed by atoms with Crippen molar-refractivity contribution in [3.8, 4) is 0 Å². The Labute approximate surface area is 151 Å². The van der Waals surface area contributed by atoms with Crippen molar-refractivity contribution < 1.29 is 9.18 Å². The van der Waals surface area contributed by atoms with Crippen LogP contribution in [0.15, 0.2) is 54.6 Å². The number of para-hydroxylation sites is 1. The van der Waals surface area contributed by atoms with Crippen LogP contribution < -0.4 is 10.6 Å². The van der Waals surface area contributed by atoms with E-state index in [1.807, 2.05) is 30.3 Å². The average Bonchev–Trinajstić information content (AvgIpc) is 3.46. The Kier molecular flexibility index (Phi) is 4.52. The summed E-state index contributed by atoms with van der Waals surface area (Å²) in [5.74, 6) is 0.356. The Bertz CT molecular complexity index is 953. The van der Waals surface area contributed by atoms with Gasteiger partial charge in [0.05, 0.1) is 11.1 Å². The van der Waals surface area contributed by atoms with Crippen molar-refractivity contribution in [2.75, 3.05) is 11.9 Å². The molecule has 5 heteroatoms. The van der Waals surface area contributed by atoms with Crippen molar-refractivity contribution >= 4 is 22.6 Å². The third-order valence-corrected chi connectivity index (χ3v) is 4.53. The first-order chi connectivity index (χ1) is 12.7. The second-order valence-electron chi connectivity index (χ2n) is 6.59. The maximum absolute atomic E-state index is 13.7. The molecular formula is C21H20FN3O. The Morgan fingerprint density at radius 1 is 1.12 bits per heavy atom. The molecule has 0 spiro atoms. The highest BCUT2D eigenvalue weighted by molar-refractivity contribution is 6.07. The molecule has 1 saturated carbocycles. The number of benzene rings is 2. The summed E-state index contributed by atoms with van der Waals surface area (Å²) in [5, 5.41) is 7.09. The smallest absolute Gasteiger partial charge is 0.252 e. The van der Waals surface area contributed by atoms with Gasteiger partial charge in [-0.3, -0.25) is 4.79 Å². The molecule has 1 aliphatic rings. The number of carbonyl (C=O) groups is 1. The van der Waals surface area contributed by atoms with Gasteiger partial charge in [-0.05, 0) is 43.0 Å². The summed E-state index contributed by atoms with van der Waals surface area (Å²) >= 11 is 0. The van der Waals surface area contributed by atoms with Crippen molar-refractivity contribution in [1.29, 1.82) is 0 Å². The van der Waals surface area contributed by atoms with Crippen LogP contribution in [-0.2, 0) is 6.42 Å². The number of hydrogen-bond acceptors (Lipinski definition) is 3. The molecule has 1 fully saturated rings. The molecule has 1 amide bonds. The van der Waals surface area contributed by atoms with Gasteiger partial charge in [-0.1, -0.05) is 36.4 Å². The van der Waals surface area contributed by atoms with Crippen LogP contribution in [0.5, 0.6) is 0 Å². The van der Waals surface area contributed by atoms with Crippen LogP contribution in [0.2, 0.25) is 0 Å². The predicted octanol–water partition coefficient (Wildman–Crippen LogP) is 3.92. The summed E-state index contributed by atoms with van der Waals surface area (Å²) in [6, 6.07) is 16.4. The number of anilines is 1. The van der Waals surface area contributed by atoms with Gasteiger partial charge in [0.1, 0.15) is 11.6 Å². The zero-order valence-corrected chi connectivity index (χ0v) is 14.3. The number of pyridine rings is 1. The molecule has 1 heterocycles. The number of carbonyl (C=O) groups excluding carboxylic acids is 1. The van der Waals surface area contributed by atoms with Gasteiger partial charge in [0.2, 0.25) is 0 Å². The second kappa shape index (κ2) is 7.12. The lowest BCUT2D eigenvalue weighted by molar-refractivity contribution is 0.0952. The third kappa shape index (κ3) is 3.67. The third-order valence-electron chi connectivity index (χ3n) is 4.53. The van der Waals surface area contributed by atoms with Crippen LogP contribution in [0.25, 0.3) is 10.9 Å². The number of hydrogen-bond donors (Lipinski definition) is 2. The number of fused-ring (bicyclic) bond motifs is 1. The SMILES string of the molecule is O=C(NC1CC1)c1cc(NCCc2ccccc2F)nc2ccccc12. The van der Waals surface area contributed by atoms with E-state index in [2.05, 4.69) is 15.6 Å². The zero-order chi connectivity index (χ0) is 17.9. The van der Waals surface area contributed by atoms with Gasteiger partial charge in [-0.2, -0.15) is 0 Å². The highest BCUT2D eigenvalue weighted by Gasteiger charge is 2.25. The molecule has 4 rings (SSSR count). The molecule has 1 aliphatic carbocycles. The van der Waals surface area contributed by atoms with Crippen LogP contribution in [0.4, 0.5) is 10.2 Å². The van der Waals surface area contributed by atoms with E-state index >= 15 is 0 Å². The number of aromatic nitrogens is 1. The summed E-state index contributed by atoms with van der Waals surface area (Å²) in [6.07, 6.45) is 2.63. The van der Waals surface area contributed by atoms with E-state index in [-0.39, 0.29) is 11.7 Å². The maximum Gasteiger partial charge on any atom is 0.252 e. The lowest BCUT2D eigenvalue weighted by Crippen LogP contribution is -2.25. The second-order valence-corrected chi connectivity index (χ2v) is 6.59. The van der Waals surface area contributed by atoms with Crippen molar-refractivity contribution in [3.63, 3.8) is 0 Å². The van der Waals surface area contributed by atoms with Crippen LogP contribution in [0.1, 0.15) is 28.8 Å². The summed E-state index contributed by atoms with van der Waals surface area (Å²) in [7, 11) is 0. The maximum atomic E-state index is 13.7. The first kappa shape index (κ1) is 16.5. The Morgan fingerprint density at radius 3 is 2.69 bits per heavy atom. The summed E-state index contributed by atoms with van der Waals surface area (Å²) in [5.41, 5.74) is 2.05. The molecule has 26 heavy (non-hydrogen) atoms. The van der Waals surface area contributed by atoms with Crippen LogP contribution in [0, 0.1) is 5.82 Å². The van der Waals surface area contributed by atoms with E-state index in [4.69, 9.17) is 0 Å². The summed E-state index contributed by atoms with van der Waals surface area (Å²) in [6.45, 7) is 0.538. The number of halogens is 1. The topological polar surface area (TPSA) is 54.0 Å². The fourth-order valence-corrected chi connectivity index (χ4v) is 2.97. The number of nitrogens with one attached hydrogen (secondary N) is 2. The fraction of sp³-hybridized carbons (Fsp3) is 0.238. The minimum absolute atomic E-state index is 0.0664. The highest BCUT2D eigenvalue weighted by atomic mass is 19.1. The van der Waals surface area contributed by atoms with E-state index in [1.54, 1.807) is 18.2 Å². The van der Waals surface area contributed by atoms with Crippen molar-refractivity contribution in [2.24, 2.45) is 0 Å². The molecule has 0 saturated heterocycles. The number of nitrogens with zero attached hydrogens (tertiary/aromatic N) is 1. The van der Waals surface area contributed by atoms with Crippen molar-refractivity contribution in [3.05, 3.63) is 71.5 Å². The molecule has 4 nitrogen and oxygen atoms in total. The van der Waals surface area contributed by atoms with Gasteiger partial charge >= 0.3 is 0 Å². The van der Waals surface area contributed by atoms with E-state index in [0.717, 1.165) is 23.7 Å². The molecule has 3 aromatic rings. The van der Waals surface area contributed by atoms with Gasteiger partial charge in [-0.15, -0.1) is 0 Å². The fourth-order valence-electron chi connectivity index (χ4n) is 2.97. The van der Waals surface area contributed by atoms with Gasteiger partial charge in [0, 0.05) is 18.0 Å². The molecule has 2 N–H and O–H groups in total. The minimum atomic E-state index is -0.203. The molecule has 0 atom stereocenters. The molecule has 132 valence electrons. The normalized spacial score (nSPS) is 13.6. The minimum Gasteiger partial charge on any atom is -0.370 e. The van der Waals surface area contributed by atoms with Crippen LogP contribution >= 0.6 is 0 Å². The van der Waals surface area contributed by atoms with E-state index in [9.17, 15) is 9.18 Å². The molecule has 0 radical (unpaired) electrons. The molecule has 0 aliphatic heterocycles. The average molecular weight is 349 g/mol. The number of rotatable bonds is 6. The highest BCUT2D eigenvalue weighted by Crippen LogP contribution is 2.24. The predicted molar refractivity (Wildman–Crippen MR) is 101 cm³/mol. The van der Waals surface area contributed by atoms with Crippen LogP contribution in [-0.4, -0.2) is 23.5 Å². The summed E-state index contributed by atoms with van der Waals surface area (Å²) < 4.78 is 13.7. The monoisotopic (exact) mass is 349 g/mol.